The van der Waals surface area contributed by atoms with Crippen molar-refractivity contribution in [3.8, 4) is 0 Å². The van der Waals surface area contributed by atoms with Crippen molar-refractivity contribution in [2.45, 2.75) is 31.1 Å². The molecule has 20 heavy (non-hydrogen) atoms. The van der Waals surface area contributed by atoms with Crippen LogP contribution < -0.4 is 0 Å². The molecule has 0 bridgehead atoms. The van der Waals surface area contributed by atoms with Crippen molar-refractivity contribution < 1.29 is 5.11 Å². The van der Waals surface area contributed by atoms with Crippen LogP contribution in [0.15, 0.2) is 18.2 Å². The second-order valence-corrected chi connectivity index (χ2v) is 6.96. The molecule has 0 aliphatic heterocycles. The zero-order chi connectivity index (χ0) is 14.8. The first-order valence-electron chi connectivity index (χ1n) is 7.21. The van der Waals surface area contributed by atoms with Gasteiger partial charge in [0.25, 0.3) is 0 Å². The van der Waals surface area contributed by atoms with Crippen LogP contribution in [-0.2, 0) is 5.41 Å². The third-order valence-corrected chi connectivity index (χ3v) is 5.26. The molecule has 0 heterocycles. The molecule has 1 aliphatic rings. The van der Waals surface area contributed by atoms with Gasteiger partial charge in [-0.3, -0.25) is 0 Å². The minimum atomic E-state index is -0.0231. The quantitative estimate of drug-likeness (QED) is 0.908. The number of aliphatic hydroxyl groups excluding tert-OH is 1. The van der Waals surface area contributed by atoms with Gasteiger partial charge in [-0.2, -0.15) is 0 Å². The van der Waals surface area contributed by atoms with Crippen LogP contribution in [0.3, 0.4) is 0 Å². The van der Waals surface area contributed by atoms with E-state index < -0.39 is 0 Å². The predicted molar refractivity (Wildman–Crippen MR) is 85.7 cm³/mol. The van der Waals surface area contributed by atoms with Crippen LogP contribution in [0.25, 0.3) is 0 Å². The Hall–Kier alpha value is -0.280. The van der Waals surface area contributed by atoms with E-state index in [1.54, 1.807) is 0 Å². The fourth-order valence-electron chi connectivity index (χ4n) is 3.63. The fourth-order valence-corrected chi connectivity index (χ4v) is 3.93. The Kier molecular flexibility index (Phi) is 5.36. The highest BCUT2D eigenvalue weighted by atomic mass is 35.5. The Bertz CT molecular complexity index is 464. The second-order valence-electron chi connectivity index (χ2n) is 6.15. The predicted octanol–water partition coefficient (Wildman–Crippen LogP) is 3.98. The maximum absolute atomic E-state index is 9.85. The molecule has 1 unspecified atom stereocenters. The van der Waals surface area contributed by atoms with Crippen LogP contribution >= 0.6 is 23.2 Å². The van der Waals surface area contributed by atoms with Gasteiger partial charge in [0.1, 0.15) is 0 Å². The van der Waals surface area contributed by atoms with Crippen LogP contribution in [0.4, 0.5) is 0 Å². The lowest BCUT2D eigenvalue weighted by molar-refractivity contribution is 0.0822. The van der Waals surface area contributed by atoms with Gasteiger partial charge in [0.05, 0.1) is 10.0 Å². The number of nitrogens with zero attached hydrogens (tertiary/aromatic N) is 1. The Morgan fingerprint density at radius 3 is 2.60 bits per heavy atom. The van der Waals surface area contributed by atoms with Gasteiger partial charge in [-0.1, -0.05) is 42.1 Å². The fraction of sp³-hybridized carbons (Fsp3) is 0.625. The van der Waals surface area contributed by atoms with Crippen LogP contribution in [0.5, 0.6) is 0 Å². The minimum Gasteiger partial charge on any atom is -0.396 e. The van der Waals surface area contributed by atoms with Gasteiger partial charge in [0, 0.05) is 18.6 Å². The number of benzene rings is 1. The summed E-state index contributed by atoms with van der Waals surface area (Å²) in [5.74, 6) is 0.288. The van der Waals surface area contributed by atoms with Crippen LogP contribution in [0.1, 0.15) is 31.2 Å². The normalized spacial score (nSPS) is 27.0. The van der Waals surface area contributed by atoms with E-state index >= 15 is 0 Å². The van der Waals surface area contributed by atoms with Gasteiger partial charge in [0.15, 0.2) is 0 Å². The highest BCUT2D eigenvalue weighted by Gasteiger charge is 2.42. The summed E-state index contributed by atoms with van der Waals surface area (Å²) in [6, 6.07) is 5.94. The molecule has 0 aromatic heterocycles. The summed E-state index contributed by atoms with van der Waals surface area (Å²) in [4.78, 5) is 2.20. The van der Waals surface area contributed by atoms with E-state index in [0.717, 1.165) is 19.4 Å². The van der Waals surface area contributed by atoms with E-state index in [1.165, 1.54) is 18.4 Å². The average Bonchev–Trinajstić information content (AvgIpc) is 2.41. The van der Waals surface area contributed by atoms with Gasteiger partial charge in [-0.15, -0.1) is 0 Å². The highest BCUT2D eigenvalue weighted by molar-refractivity contribution is 6.42. The average molecular weight is 316 g/mol. The maximum atomic E-state index is 9.85. The third kappa shape index (κ3) is 3.14. The van der Waals surface area contributed by atoms with Gasteiger partial charge in [-0.25, -0.2) is 0 Å². The molecule has 4 heteroatoms. The van der Waals surface area contributed by atoms with Crippen molar-refractivity contribution in [1.29, 1.82) is 0 Å². The summed E-state index contributed by atoms with van der Waals surface area (Å²) < 4.78 is 0. The number of aliphatic hydroxyl groups is 1. The highest BCUT2D eigenvalue weighted by Crippen LogP contribution is 2.45. The molecule has 1 aromatic carbocycles. The SMILES string of the molecule is CN(C)C[C@@]1(c2ccc(Cl)c(Cl)c2)CCCCC1CO. The van der Waals surface area contributed by atoms with Crippen LogP contribution in [0.2, 0.25) is 10.0 Å². The lowest BCUT2D eigenvalue weighted by Crippen LogP contribution is -2.47. The van der Waals surface area contributed by atoms with E-state index in [-0.39, 0.29) is 17.9 Å². The Labute approximate surface area is 131 Å². The first kappa shape index (κ1) is 16.1. The Balaban J connectivity index is 2.46. The topological polar surface area (TPSA) is 23.5 Å². The van der Waals surface area contributed by atoms with Crippen molar-refractivity contribution in [3.05, 3.63) is 33.8 Å². The smallest absolute Gasteiger partial charge is 0.0595 e. The number of halogens is 2. The zero-order valence-electron chi connectivity index (χ0n) is 12.2. The van der Waals surface area contributed by atoms with Crippen molar-refractivity contribution in [3.63, 3.8) is 0 Å². The Morgan fingerprint density at radius 1 is 1.25 bits per heavy atom. The van der Waals surface area contributed by atoms with E-state index in [2.05, 4.69) is 25.1 Å². The standard InChI is InChI=1S/C16H23Cl2NO/c1-19(2)11-16(8-4-3-5-13(16)10-20)12-6-7-14(17)15(18)9-12/h6-7,9,13,20H,3-5,8,10-11H2,1-2H3/t13?,16-/m1/s1. The van der Waals surface area contributed by atoms with E-state index in [0.29, 0.717) is 10.0 Å². The lowest BCUT2D eigenvalue weighted by Gasteiger charge is -2.46. The minimum absolute atomic E-state index is 0.0231. The molecule has 112 valence electrons. The molecule has 2 rings (SSSR count). The molecular weight excluding hydrogens is 293 g/mol. The zero-order valence-corrected chi connectivity index (χ0v) is 13.7. The molecule has 0 spiro atoms. The summed E-state index contributed by atoms with van der Waals surface area (Å²) in [7, 11) is 4.17. The second kappa shape index (κ2) is 6.65. The molecular formula is C16H23Cl2NO. The number of hydrogen-bond acceptors (Lipinski definition) is 2. The largest absolute Gasteiger partial charge is 0.396 e. The molecule has 1 fully saturated rings. The van der Waals surface area contributed by atoms with Crippen LogP contribution in [0, 0.1) is 5.92 Å². The monoisotopic (exact) mass is 315 g/mol. The van der Waals surface area contributed by atoms with Gasteiger partial charge < -0.3 is 10.0 Å². The first-order valence-corrected chi connectivity index (χ1v) is 7.96. The van der Waals surface area contributed by atoms with Crippen molar-refractivity contribution in [2.75, 3.05) is 27.2 Å². The van der Waals surface area contributed by atoms with Gasteiger partial charge >= 0.3 is 0 Å². The van der Waals surface area contributed by atoms with E-state index in [9.17, 15) is 5.11 Å². The summed E-state index contributed by atoms with van der Waals surface area (Å²) in [5.41, 5.74) is 1.18. The molecule has 0 radical (unpaired) electrons. The lowest BCUT2D eigenvalue weighted by atomic mass is 9.62. The third-order valence-electron chi connectivity index (χ3n) is 4.52. The van der Waals surface area contributed by atoms with Crippen molar-refractivity contribution >= 4 is 23.2 Å². The summed E-state index contributed by atoms with van der Waals surface area (Å²) >= 11 is 12.3. The number of hydrogen-bond donors (Lipinski definition) is 1. The summed E-state index contributed by atoms with van der Waals surface area (Å²) in [6.07, 6.45) is 4.56. The molecule has 0 saturated heterocycles. The molecule has 1 N–H and O–H groups in total. The van der Waals surface area contributed by atoms with Gasteiger partial charge in [0.2, 0.25) is 0 Å². The summed E-state index contributed by atoms with van der Waals surface area (Å²) in [5, 5.41) is 11.0. The molecule has 0 amide bonds. The van der Waals surface area contributed by atoms with Gasteiger partial charge in [-0.05, 0) is 50.6 Å². The molecule has 1 aliphatic carbocycles. The Morgan fingerprint density at radius 2 is 2.00 bits per heavy atom. The van der Waals surface area contributed by atoms with Crippen molar-refractivity contribution in [2.24, 2.45) is 5.92 Å². The number of likely N-dealkylation sites (N-methyl/N-ethyl adjacent to an activating group) is 1. The van der Waals surface area contributed by atoms with E-state index in [4.69, 9.17) is 23.2 Å². The number of rotatable bonds is 4. The molecule has 1 aromatic rings. The first-order chi connectivity index (χ1) is 9.49. The molecule has 2 nitrogen and oxygen atoms in total. The summed E-state index contributed by atoms with van der Waals surface area (Å²) in [6.45, 7) is 1.16. The molecule has 2 atom stereocenters. The molecule has 1 saturated carbocycles. The van der Waals surface area contributed by atoms with Crippen molar-refractivity contribution in [1.82, 2.24) is 4.90 Å². The van der Waals surface area contributed by atoms with Crippen LogP contribution in [-0.4, -0.2) is 37.3 Å². The maximum Gasteiger partial charge on any atom is 0.0595 e. The van der Waals surface area contributed by atoms with E-state index in [1.807, 2.05) is 12.1 Å².